The topological polar surface area (TPSA) is 51.2 Å². The van der Waals surface area contributed by atoms with Crippen LogP contribution in [0.4, 0.5) is 4.79 Å². The molecule has 1 aliphatic rings. The highest BCUT2D eigenvalue weighted by molar-refractivity contribution is 5.79. The van der Waals surface area contributed by atoms with Crippen molar-refractivity contribution in [3.8, 4) is 23.0 Å². The highest BCUT2D eigenvalue weighted by Gasteiger charge is 2.28. The highest BCUT2D eigenvalue weighted by Crippen LogP contribution is 2.44. The normalized spacial score (nSPS) is 11.8. The standard InChI is InChI=1S/C25H22N2O2/c1-17-14-19(15-18(2)27-17)8-7-13-26-25(28)29-16-24-22-11-5-3-9-20(22)21-10-4-6-12-23(21)24/h3-6,9-12,14-15,24H,13,16H2,1-2H3,(H,26,28). The molecule has 1 amide bonds. The number of rotatable bonds is 3. The fourth-order valence-electron chi connectivity index (χ4n) is 3.82. The van der Waals surface area contributed by atoms with Gasteiger partial charge in [0.15, 0.2) is 0 Å². The Morgan fingerprint density at radius 3 is 2.21 bits per heavy atom. The van der Waals surface area contributed by atoms with E-state index in [-0.39, 0.29) is 12.5 Å². The summed E-state index contributed by atoms with van der Waals surface area (Å²) >= 11 is 0. The van der Waals surface area contributed by atoms with Crippen LogP contribution in [0.15, 0.2) is 60.7 Å². The van der Waals surface area contributed by atoms with Crippen molar-refractivity contribution in [2.45, 2.75) is 19.8 Å². The number of fused-ring (bicyclic) bond motifs is 3. The van der Waals surface area contributed by atoms with Gasteiger partial charge in [0.05, 0.1) is 6.54 Å². The number of amides is 1. The van der Waals surface area contributed by atoms with Crippen molar-refractivity contribution >= 4 is 6.09 Å². The molecular formula is C25H22N2O2. The number of aromatic nitrogens is 1. The molecule has 0 fully saturated rings. The lowest BCUT2D eigenvalue weighted by atomic mass is 9.98. The maximum absolute atomic E-state index is 12.1. The quantitative estimate of drug-likeness (QED) is 0.674. The van der Waals surface area contributed by atoms with Crippen molar-refractivity contribution in [2.75, 3.05) is 13.2 Å². The summed E-state index contributed by atoms with van der Waals surface area (Å²) in [5, 5.41) is 2.70. The first-order valence-corrected chi connectivity index (χ1v) is 9.65. The third-order valence-electron chi connectivity index (χ3n) is 4.98. The molecule has 0 atom stereocenters. The Balaban J connectivity index is 1.35. The molecule has 144 valence electrons. The summed E-state index contributed by atoms with van der Waals surface area (Å²) < 4.78 is 5.50. The lowest BCUT2D eigenvalue weighted by Crippen LogP contribution is -2.26. The van der Waals surface area contributed by atoms with E-state index in [0.717, 1.165) is 17.0 Å². The average Bonchev–Trinajstić information content (AvgIpc) is 3.03. The van der Waals surface area contributed by atoms with Gasteiger partial charge in [-0.25, -0.2) is 4.79 Å². The van der Waals surface area contributed by atoms with Gasteiger partial charge in [0.2, 0.25) is 0 Å². The Morgan fingerprint density at radius 2 is 1.59 bits per heavy atom. The van der Waals surface area contributed by atoms with Crippen molar-refractivity contribution < 1.29 is 9.53 Å². The lowest BCUT2D eigenvalue weighted by Gasteiger charge is -2.14. The first-order valence-electron chi connectivity index (χ1n) is 9.65. The van der Waals surface area contributed by atoms with Crippen molar-refractivity contribution in [2.24, 2.45) is 0 Å². The van der Waals surface area contributed by atoms with Crippen molar-refractivity contribution in [1.29, 1.82) is 0 Å². The van der Waals surface area contributed by atoms with E-state index in [4.69, 9.17) is 4.74 Å². The fraction of sp³-hybridized carbons (Fsp3) is 0.200. The minimum Gasteiger partial charge on any atom is -0.449 e. The van der Waals surface area contributed by atoms with Gasteiger partial charge in [-0.05, 0) is 48.2 Å². The van der Waals surface area contributed by atoms with E-state index >= 15 is 0 Å². The molecular weight excluding hydrogens is 360 g/mol. The van der Waals surface area contributed by atoms with Crippen LogP contribution in [0.1, 0.15) is 34.0 Å². The summed E-state index contributed by atoms with van der Waals surface area (Å²) in [6.45, 7) is 4.41. The van der Waals surface area contributed by atoms with E-state index in [1.54, 1.807) is 0 Å². The number of carbonyl (C=O) groups excluding carboxylic acids is 1. The van der Waals surface area contributed by atoms with Crippen LogP contribution in [0, 0.1) is 25.7 Å². The zero-order valence-corrected chi connectivity index (χ0v) is 16.5. The van der Waals surface area contributed by atoms with Gasteiger partial charge in [-0.15, -0.1) is 0 Å². The van der Waals surface area contributed by atoms with Gasteiger partial charge in [0.25, 0.3) is 0 Å². The monoisotopic (exact) mass is 382 g/mol. The molecule has 1 heterocycles. The molecule has 0 radical (unpaired) electrons. The molecule has 2 aromatic carbocycles. The SMILES string of the molecule is Cc1cc(C#CCNC(=O)OCC2c3ccccc3-c3ccccc32)cc(C)n1. The summed E-state index contributed by atoms with van der Waals surface area (Å²) in [4.78, 5) is 16.5. The Morgan fingerprint density at radius 1 is 1.00 bits per heavy atom. The second-order valence-electron chi connectivity index (χ2n) is 7.12. The third kappa shape index (κ3) is 4.14. The largest absolute Gasteiger partial charge is 0.449 e. The van der Waals surface area contributed by atoms with Crippen LogP contribution >= 0.6 is 0 Å². The van der Waals surface area contributed by atoms with E-state index < -0.39 is 6.09 Å². The third-order valence-corrected chi connectivity index (χ3v) is 4.98. The van der Waals surface area contributed by atoms with Crippen LogP contribution in [0.5, 0.6) is 0 Å². The number of ether oxygens (including phenoxy) is 1. The van der Waals surface area contributed by atoms with Gasteiger partial charge >= 0.3 is 6.09 Å². The number of nitrogens with zero attached hydrogens (tertiary/aromatic N) is 1. The zero-order valence-electron chi connectivity index (χ0n) is 16.5. The first-order chi connectivity index (χ1) is 14.1. The summed E-state index contributed by atoms with van der Waals surface area (Å²) in [6.07, 6.45) is -0.455. The number of nitrogens with one attached hydrogen (secondary N) is 1. The molecule has 29 heavy (non-hydrogen) atoms. The van der Waals surface area contributed by atoms with Gasteiger partial charge < -0.3 is 10.1 Å². The molecule has 0 bridgehead atoms. The zero-order chi connectivity index (χ0) is 20.2. The summed E-state index contributed by atoms with van der Waals surface area (Å²) in [6, 6.07) is 20.4. The average molecular weight is 382 g/mol. The Kier molecular flexibility index (Phi) is 5.31. The second kappa shape index (κ2) is 8.20. The number of benzene rings is 2. The minimum absolute atomic E-state index is 0.0574. The maximum Gasteiger partial charge on any atom is 0.407 e. The van der Waals surface area contributed by atoms with Crippen LogP contribution in [-0.2, 0) is 4.74 Å². The number of pyridine rings is 1. The van der Waals surface area contributed by atoms with Crippen LogP contribution < -0.4 is 5.32 Å². The minimum atomic E-state index is -0.455. The number of aryl methyl sites for hydroxylation is 2. The summed E-state index contributed by atoms with van der Waals surface area (Å²) in [5.74, 6) is 6.06. The number of alkyl carbamates (subject to hydrolysis) is 1. The number of hydrogen-bond acceptors (Lipinski definition) is 3. The Hall–Kier alpha value is -3.58. The molecule has 4 heteroatoms. The summed E-state index contributed by atoms with van der Waals surface area (Å²) in [5.41, 5.74) is 7.58. The van der Waals surface area contributed by atoms with Gasteiger partial charge in [-0.2, -0.15) is 0 Å². The Labute approximate surface area is 171 Å². The van der Waals surface area contributed by atoms with E-state index in [1.807, 2.05) is 50.2 Å². The molecule has 0 saturated carbocycles. The van der Waals surface area contributed by atoms with Crippen LogP contribution in [0.3, 0.4) is 0 Å². The molecule has 0 saturated heterocycles. The molecule has 1 N–H and O–H groups in total. The predicted octanol–water partition coefficient (Wildman–Crippen LogP) is 4.59. The van der Waals surface area contributed by atoms with Crippen molar-refractivity contribution in [3.63, 3.8) is 0 Å². The molecule has 1 aromatic heterocycles. The number of hydrogen-bond donors (Lipinski definition) is 1. The smallest absolute Gasteiger partial charge is 0.407 e. The molecule has 4 rings (SSSR count). The van der Waals surface area contributed by atoms with Gasteiger partial charge in [-0.3, -0.25) is 4.98 Å². The predicted molar refractivity (Wildman–Crippen MR) is 114 cm³/mol. The van der Waals surface area contributed by atoms with E-state index in [1.165, 1.54) is 22.3 Å². The van der Waals surface area contributed by atoms with E-state index in [9.17, 15) is 4.79 Å². The molecule has 0 unspecified atom stereocenters. The van der Waals surface area contributed by atoms with Gasteiger partial charge in [-0.1, -0.05) is 60.4 Å². The van der Waals surface area contributed by atoms with Crippen LogP contribution in [-0.4, -0.2) is 24.2 Å². The second-order valence-corrected chi connectivity index (χ2v) is 7.12. The number of carbonyl (C=O) groups is 1. The summed E-state index contributed by atoms with van der Waals surface area (Å²) in [7, 11) is 0. The highest BCUT2D eigenvalue weighted by atomic mass is 16.5. The van der Waals surface area contributed by atoms with Gasteiger partial charge in [0.1, 0.15) is 6.61 Å². The van der Waals surface area contributed by atoms with E-state index in [2.05, 4.69) is 46.4 Å². The van der Waals surface area contributed by atoms with Crippen LogP contribution in [0.25, 0.3) is 11.1 Å². The van der Waals surface area contributed by atoms with Crippen molar-refractivity contribution in [1.82, 2.24) is 10.3 Å². The van der Waals surface area contributed by atoms with Gasteiger partial charge in [0, 0.05) is 22.9 Å². The van der Waals surface area contributed by atoms with E-state index in [0.29, 0.717) is 6.61 Å². The lowest BCUT2D eigenvalue weighted by molar-refractivity contribution is 0.144. The van der Waals surface area contributed by atoms with Crippen molar-refractivity contribution in [3.05, 3.63) is 88.7 Å². The molecule has 3 aromatic rings. The van der Waals surface area contributed by atoms with Crippen LogP contribution in [0.2, 0.25) is 0 Å². The maximum atomic E-state index is 12.1. The molecule has 4 nitrogen and oxygen atoms in total. The first kappa shape index (κ1) is 18.8. The molecule has 0 aliphatic heterocycles. The Bertz CT molecular complexity index is 1060. The fourth-order valence-corrected chi connectivity index (χ4v) is 3.82. The molecule has 1 aliphatic carbocycles. The molecule has 0 spiro atoms.